The molecule has 0 aliphatic carbocycles. The maximum absolute atomic E-state index is 13.1. The van der Waals surface area contributed by atoms with Crippen LogP contribution < -0.4 is 0 Å². The summed E-state index contributed by atoms with van der Waals surface area (Å²) in [6.45, 7) is 0. The van der Waals surface area contributed by atoms with Crippen LogP contribution in [-0.2, 0) is 5.92 Å². The van der Waals surface area contributed by atoms with Crippen LogP contribution in [0, 0.1) is 0 Å². The van der Waals surface area contributed by atoms with Crippen molar-refractivity contribution in [1.29, 1.82) is 0 Å². The van der Waals surface area contributed by atoms with E-state index >= 15 is 0 Å². The smallest absolute Gasteiger partial charge is 0.350 e. The fourth-order valence-electron chi connectivity index (χ4n) is 1.02. The van der Waals surface area contributed by atoms with E-state index in [0.717, 1.165) is 12.1 Å². The highest BCUT2D eigenvalue weighted by molar-refractivity contribution is 5.23. The molecular formula is C9H6F6O. The van der Waals surface area contributed by atoms with Crippen LogP contribution in [-0.4, -0.2) is 17.1 Å². The number of rotatable bonds is 2. The zero-order valence-electron chi connectivity index (χ0n) is 7.60. The minimum Gasteiger partial charge on any atom is -0.350 e. The molecule has 0 spiro atoms. The van der Waals surface area contributed by atoms with E-state index in [1.54, 1.807) is 0 Å². The van der Waals surface area contributed by atoms with Gasteiger partial charge in [0.25, 0.3) is 0 Å². The van der Waals surface area contributed by atoms with Gasteiger partial charge in [-0.05, 0) is 0 Å². The molecule has 1 unspecified atom stereocenters. The standard InChI is InChI=1S/C9H6F6O/c10-7(11,6-4-2-1-3-5-6)8(12,16)9(13,14)15/h1-5,16H. The van der Waals surface area contributed by atoms with Crippen LogP contribution in [0.3, 0.4) is 0 Å². The SMILES string of the molecule is OC(F)(C(F)(F)F)C(F)(F)c1ccccc1. The van der Waals surface area contributed by atoms with E-state index < -0.39 is 23.5 Å². The summed E-state index contributed by atoms with van der Waals surface area (Å²) in [5, 5.41) is 8.29. The van der Waals surface area contributed by atoms with E-state index in [9.17, 15) is 26.3 Å². The van der Waals surface area contributed by atoms with E-state index in [1.165, 1.54) is 6.07 Å². The lowest BCUT2D eigenvalue weighted by molar-refractivity contribution is -0.390. The van der Waals surface area contributed by atoms with Crippen LogP contribution in [0.2, 0.25) is 0 Å². The van der Waals surface area contributed by atoms with Gasteiger partial charge in [0, 0.05) is 5.56 Å². The van der Waals surface area contributed by atoms with Crippen molar-refractivity contribution in [1.82, 2.24) is 0 Å². The number of halogens is 6. The van der Waals surface area contributed by atoms with Gasteiger partial charge in [0.15, 0.2) is 0 Å². The Hall–Kier alpha value is -1.24. The van der Waals surface area contributed by atoms with Gasteiger partial charge < -0.3 is 5.11 Å². The topological polar surface area (TPSA) is 20.2 Å². The molecule has 1 aromatic rings. The van der Waals surface area contributed by atoms with Gasteiger partial charge in [-0.1, -0.05) is 30.3 Å². The molecule has 0 aliphatic heterocycles. The number of alkyl halides is 6. The monoisotopic (exact) mass is 244 g/mol. The summed E-state index contributed by atoms with van der Waals surface area (Å²) in [6, 6.07) is 4.47. The average molecular weight is 244 g/mol. The number of benzene rings is 1. The Morgan fingerprint density at radius 3 is 1.62 bits per heavy atom. The second-order valence-corrected chi connectivity index (χ2v) is 3.06. The zero-order chi connectivity index (χ0) is 12.6. The number of hydrogen-bond acceptors (Lipinski definition) is 1. The highest BCUT2D eigenvalue weighted by atomic mass is 19.4. The van der Waals surface area contributed by atoms with E-state index in [1.807, 2.05) is 0 Å². The summed E-state index contributed by atoms with van der Waals surface area (Å²) in [4.78, 5) is 0. The van der Waals surface area contributed by atoms with Gasteiger partial charge in [-0.3, -0.25) is 0 Å². The molecule has 0 saturated heterocycles. The van der Waals surface area contributed by atoms with Crippen molar-refractivity contribution in [2.45, 2.75) is 18.0 Å². The van der Waals surface area contributed by atoms with Crippen LogP contribution in [0.25, 0.3) is 0 Å². The molecule has 0 heterocycles. The Morgan fingerprint density at radius 2 is 1.25 bits per heavy atom. The summed E-state index contributed by atoms with van der Waals surface area (Å²) in [5.41, 5.74) is -1.25. The summed E-state index contributed by atoms with van der Waals surface area (Å²) in [5.74, 6) is -10.7. The first-order chi connectivity index (χ1) is 7.11. The van der Waals surface area contributed by atoms with E-state index in [2.05, 4.69) is 0 Å². The maximum Gasteiger partial charge on any atom is 0.455 e. The molecule has 0 aromatic heterocycles. The normalized spacial score (nSPS) is 16.9. The summed E-state index contributed by atoms with van der Waals surface area (Å²) < 4.78 is 74.6. The minimum absolute atomic E-state index is 0.594. The van der Waals surface area contributed by atoms with Crippen LogP contribution in [0.15, 0.2) is 30.3 Å². The van der Waals surface area contributed by atoms with Crippen LogP contribution in [0.4, 0.5) is 26.3 Å². The van der Waals surface area contributed by atoms with Crippen molar-refractivity contribution in [2.24, 2.45) is 0 Å². The van der Waals surface area contributed by atoms with Crippen LogP contribution in [0.5, 0.6) is 0 Å². The third-order valence-electron chi connectivity index (χ3n) is 1.93. The Bertz CT molecular complexity index is 356. The number of hydrogen-bond donors (Lipinski definition) is 1. The van der Waals surface area contributed by atoms with Crippen molar-refractivity contribution in [2.75, 3.05) is 0 Å². The van der Waals surface area contributed by atoms with Crippen molar-refractivity contribution in [3.8, 4) is 0 Å². The highest BCUT2D eigenvalue weighted by Gasteiger charge is 2.71. The maximum atomic E-state index is 13.1. The first-order valence-corrected chi connectivity index (χ1v) is 4.02. The molecule has 1 nitrogen and oxygen atoms in total. The molecule has 0 radical (unpaired) electrons. The molecule has 1 aromatic carbocycles. The Balaban J connectivity index is 3.22. The van der Waals surface area contributed by atoms with Crippen molar-refractivity contribution < 1.29 is 31.4 Å². The Labute approximate surface area is 86.3 Å². The molecule has 0 bridgehead atoms. The van der Waals surface area contributed by atoms with Crippen LogP contribution >= 0.6 is 0 Å². The molecule has 1 rings (SSSR count). The lowest BCUT2D eigenvalue weighted by Gasteiger charge is -2.30. The van der Waals surface area contributed by atoms with Gasteiger partial charge in [0.05, 0.1) is 0 Å². The molecule has 7 heteroatoms. The van der Waals surface area contributed by atoms with E-state index in [0.29, 0.717) is 12.1 Å². The van der Waals surface area contributed by atoms with Crippen molar-refractivity contribution in [3.63, 3.8) is 0 Å². The lowest BCUT2D eigenvalue weighted by atomic mass is 10.0. The molecular weight excluding hydrogens is 238 g/mol. The number of aliphatic hydroxyl groups is 1. The predicted octanol–water partition coefficient (Wildman–Crippen LogP) is 3.00. The predicted molar refractivity (Wildman–Crippen MR) is 42.4 cm³/mol. The van der Waals surface area contributed by atoms with Crippen molar-refractivity contribution in [3.05, 3.63) is 35.9 Å². The summed E-state index contributed by atoms with van der Waals surface area (Å²) >= 11 is 0. The fourth-order valence-corrected chi connectivity index (χ4v) is 1.02. The van der Waals surface area contributed by atoms with Crippen molar-refractivity contribution >= 4 is 0 Å². The quantitative estimate of drug-likeness (QED) is 0.793. The molecule has 1 atom stereocenters. The summed E-state index contributed by atoms with van der Waals surface area (Å²) in [6.07, 6.45) is -6.08. The second kappa shape index (κ2) is 3.65. The largest absolute Gasteiger partial charge is 0.455 e. The molecule has 16 heavy (non-hydrogen) atoms. The van der Waals surface area contributed by atoms with Gasteiger partial charge in [0.2, 0.25) is 0 Å². The third kappa shape index (κ3) is 1.87. The molecule has 0 saturated carbocycles. The molecule has 1 N–H and O–H groups in total. The van der Waals surface area contributed by atoms with E-state index in [4.69, 9.17) is 5.11 Å². The third-order valence-corrected chi connectivity index (χ3v) is 1.93. The van der Waals surface area contributed by atoms with Gasteiger partial charge >= 0.3 is 18.0 Å². The summed E-state index contributed by atoms with van der Waals surface area (Å²) in [7, 11) is 0. The van der Waals surface area contributed by atoms with Gasteiger partial charge in [0.1, 0.15) is 0 Å². The lowest BCUT2D eigenvalue weighted by Crippen LogP contribution is -2.53. The Morgan fingerprint density at radius 1 is 0.812 bits per heavy atom. The fraction of sp³-hybridized carbons (Fsp3) is 0.333. The molecule has 0 amide bonds. The first kappa shape index (κ1) is 12.8. The van der Waals surface area contributed by atoms with Gasteiger partial charge in [-0.2, -0.15) is 26.3 Å². The zero-order valence-corrected chi connectivity index (χ0v) is 7.60. The first-order valence-electron chi connectivity index (χ1n) is 4.02. The Kier molecular flexibility index (Phi) is 2.93. The molecule has 0 aliphatic rings. The van der Waals surface area contributed by atoms with Gasteiger partial charge in [-0.15, -0.1) is 0 Å². The highest BCUT2D eigenvalue weighted by Crippen LogP contribution is 2.48. The molecule has 0 fully saturated rings. The minimum atomic E-state index is -6.08. The van der Waals surface area contributed by atoms with Crippen LogP contribution in [0.1, 0.15) is 5.56 Å². The van der Waals surface area contributed by atoms with Gasteiger partial charge in [-0.25, -0.2) is 0 Å². The second-order valence-electron chi connectivity index (χ2n) is 3.06. The average Bonchev–Trinajstić information content (AvgIpc) is 2.17. The van der Waals surface area contributed by atoms with E-state index in [-0.39, 0.29) is 0 Å². The molecule has 90 valence electrons.